The number of likely N-dealkylation sites (tertiary alicyclic amines) is 1. The van der Waals surface area contributed by atoms with Crippen molar-refractivity contribution in [3.05, 3.63) is 0 Å². The third kappa shape index (κ3) is 2.89. The molecule has 5 heteroatoms. The minimum absolute atomic E-state index is 0.0761. The third-order valence-electron chi connectivity index (χ3n) is 3.87. The molecule has 0 spiro atoms. The van der Waals surface area contributed by atoms with Crippen molar-refractivity contribution in [2.24, 2.45) is 5.41 Å². The molecule has 1 N–H and O–H groups in total. The molecule has 0 aliphatic carbocycles. The van der Waals surface area contributed by atoms with Crippen molar-refractivity contribution in [3.63, 3.8) is 0 Å². The van der Waals surface area contributed by atoms with Crippen molar-refractivity contribution in [3.8, 4) is 0 Å². The number of aliphatic carboxylic acids is 1. The van der Waals surface area contributed by atoms with Crippen molar-refractivity contribution >= 4 is 17.8 Å². The van der Waals surface area contributed by atoms with E-state index in [1.165, 1.54) is 4.90 Å². The van der Waals surface area contributed by atoms with E-state index in [0.29, 0.717) is 38.6 Å². The number of hydrogen-bond acceptors (Lipinski definition) is 3. The molecule has 0 aromatic carbocycles. The zero-order valence-corrected chi connectivity index (χ0v) is 11.1. The number of unbranched alkanes of at least 4 members (excludes halogenated alkanes) is 1. The largest absolute Gasteiger partial charge is 0.481 e. The SMILES string of the molecule is CCC1(CC)CC(=O)N(CCCCC(=O)O)C1=O. The molecule has 102 valence electrons. The van der Waals surface area contributed by atoms with Gasteiger partial charge in [0.25, 0.3) is 0 Å². The highest BCUT2D eigenvalue weighted by Crippen LogP contribution is 2.39. The molecule has 0 bridgehead atoms. The molecule has 1 rings (SSSR count). The Labute approximate surface area is 107 Å². The molecule has 1 aliphatic rings. The smallest absolute Gasteiger partial charge is 0.303 e. The maximum Gasteiger partial charge on any atom is 0.303 e. The van der Waals surface area contributed by atoms with Crippen LogP contribution in [0.5, 0.6) is 0 Å². The van der Waals surface area contributed by atoms with Crippen LogP contribution >= 0.6 is 0 Å². The highest BCUT2D eigenvalue weighted by atomic mass is 16.4. The molecule has 0 aromatic rings. The summed E-state index contributed by atoms with van der Waals surface area (Å²) >= 11 is 0. The molecule has 5 nitrogen and oxygen atoms in total. The van der Waals surface area contributed by atoms with E-state index in [0.717, 1.165) is 0 Å². The van der Waals surface area contributed by atoms with E-state index in [4.69, 9.17) is 5.11 Å². The van der Waals surface area contributed by atoms with Crippen LogP contribution in [0.4, 0.5) is 0 Å². The molecule has 2 amide bonds. The van der Waals surface area contributed by atoms with E-state index in [1.807, 2.05) is 13.8 Å². The summed E-state index contributed by atoms with van der Waals surface area (Å²) in [5.74, 6) is -1.03. The van der Waals surface area contributed by atoms with Crippen LogP contribution in [0, 0.1) is 5.41 Å². The number of carbonyl (C=O) groups excluding carboxylic acids is 2. The first kappa shape index (κ1) is 14.7. The normalized spacial score (nSPS) is 18.4. The van der Waals surface area contributed by atoms with Gasteiger partial charge in [0, 0.05) is 19.4 Å². The summed E-state index contributed by atoms with van der Waals surface area (Å²) in [6.07, 6.45) is 2.81. The number of carboxylic acid groups (broad SMARTS) is 1. The van der Waals surface area contributed by atoms with Gasteiger partial charge < -0.3 is 5.11 Å². The zero-order valence-electron chi connectivity index (χ0n) is 11.1. The van der Waals surface area contributed by atoms with Gasteiger partial charge in [0.05, 0.1) is 5.41 Å². The van der Waals surface area contributed by atoms with Crippen molar-refractivity contribution in [1.29, 1.82) is 0 Å². The standard InChI is InChI=1S/C13H21NO4/c1-3-13(4-2)9-10(15)14(12(13)18)8-6-5-7-11(16)17/h3-9H2,1-2H3,(H,16,17). The number of carboxylic acids is 1. The van der Waals surface area contributed by atoms with E-state index >= 15 is 0 Å². The van der Waals surface area contributed by atoms with Gasteiger partial charge in [-0.2, -0.15) is 0 Å². The van der Waals surface area contributed by atoms with Gasteiger partial charge in [-0.25, -0.2) is 0 Å². The van der Waals surface area contributed by atoms with Gasteiger partial charge in [-0.3, -0.25) is 19.3 Å². The van der Waals surface area contributed by atoms with Crippen LogP contribution in [0.2, 0.25) is 0 Å². The van der Waals surface area contributed by atoms with Crippen molar-refractivity contribution in [1.82, 2.24) is 4.90 Å². The zero-order chi connectivity index (χ0) is 13.8. The van der Waals surface area contributed by atoms with E-state index in [1.54, 1.807) is 0 Å². The quantitative estimate of drug-likeness (QED) is 0.556. The highest BCUT2D eigenvalue weighted by molar-refractivity contribution is 6.05. The van der Waals surface area contributed by atoms with Crippen LogP contribution < -0.4 is 0 Å². The van der Waals surface area contributed by atoms with Gasteiger partial charge >= 0.3 is 5.97 Å². The van der Waals surface area contributed by atoms with Gasteiger partial charge in [-0.15, -0.1) is 0 Å². The van der Waals surface area contributed by atoms with Gasteiger partial charge in [-0.1, -0.05) is 13.8 Å². The Morgan fingerprint density at radius 1 is 1.28 bits per heavy atom. The van der Waals surface area contributed by atoms with Crippen LogP contribution in [0.25, 0.3) is 0 Å². The molecule has 0 unspecified atom stereocenters. The molecule has 0 atom stereocenters. The summed E-state index contributed by atoms with van der Waals surface area (Å²) in [7, 11) is 0. The second-order valence-electron chi connectivity index (χ2n) is 4.87. The summed E-state index contributed by atoms with van der Waals surface area (Å²) in [4.78, 5) is 35.7. The summed E-state index contributed by atoms with van der Waals surface area (Å²) in [6.45, 7) is 4.22. The lowest BCUT2D eigenvalue weighted by Gasteiger charge is -2.23. The van der Waals surface area contributed by atoms with Gasteiger partial charge in [0.15, 0.2) is 0 Å². The maximum absolute atomic E-state index is 12.2. The van der Waals surface area contributed by atoms with Crippen LogP contribution in [-0.4, -0.2) is 34.3 Å². The topological polar surface area (TPSA) is 74.7 Å². The Kier molecular flexibility index (Phi) is 4.87. The highest BCUT2D eigenvalue weighted by Gasteiger charge is 2.48. The number of carbonyl (C=O) groups is 3. The number of rotatable bonds is 7. The van der Waals surface area contributed by atoms with Crippen molar-refractivity contribution < 1.29 is 19.5 Å². The minimum atomic E-state index is -0.842. The van der Waals surface area contributed by atoms with Crippen LogP contribution in [0.1, 0.15) is 52.4 Å². The molecule has 1 aliphatic heterocycles. The summed E-state index contributed by atoms with van der Waals surface area (Å²) in [5, 5.41) is 8.52. The van der Waals surface area contributed by atoms with Gasteiger partial charge in [-0.05, 0) is 25.7 Å². The van der Waals surface area contributed by atoms with E-state index < -0.39 is 11.4 Å². The molecule has 1 heterocycles. The first-order valence-corrected chi connectivity index (χ1v) is 6.53. The molecule has 0 radical (unpaired) electrons. The fraction of sp³-hybridized carbons (Fsp3) is 0.769. The average Bonchev–Trinajstić information content (AvgIpc) is 2.58. The molecular formula is C13H21NO4. The van der Waals surface area contributed by atoms with E-state index in [-0.39, 0.29) is 18.2 Å². The first-order valence-electron chi connectivity index (χ1n) is 6.53. The average molecular weight is 255 g/mol. The minimum Gasteiger partial charge on any atom is -0.481 e. The number of amides is 2. The van der Waals surface area contributed by atoms with Gasteiger partial charge in [0.1, 0.15) is 0 Å². The fourth-order valence-electron chi connectivity index (χ4n) is 2.43. The molecule has 1 saturated heterocycles. The first-order chi connectivity index (χ1) is 8.46. The molecule has 0 saturated carbocycles. The monoisotopic (exact) mass is 255 g/mol. The lowest BCUT2D eigenvalue weighted by Crippen LogP contribution is -2.35. The number of imide groups is 1. The molecular weight excluding hydrogens is 234 g/mol. The lowest BCUT2D eigenvalue weighted by molar-refractivity contribution is -0.141. The molecule has 0 aromatic heterocycles. The van der Waals surface area contributed by atoms with E-state index in [2.05, 4.69) is 0 Å². The van der Waals surface area contributed by atoms with Crippen LogP contribution in [-0.2, 0) is 14.4 Å². The predicted molar refractivity (Wildman–Crippen MR) is 65.8 cm³/mol. The van der Waals surface area contributed by atoms with Crippen LogP contribution in [0.15, 0.2) is 0 Å². The fourth-order valence-corrected chi connectivity index (χ4v) is 2.43. The molecule has 18 heavy (non-hydrogen) atoms. The summed E-state index contributed by atoms with van der Waals surface area (Å²) in [5.41, 5.74) is -0.510. The Balaban J connectivity index is 2.54. The summed E-state index contributed by atoms with van der Waals surface area (Å²) < 4.78 is 0. The number of hydrogen-bond donors (Lipinski definition) is 1. The number of nitrogens with zero attached hydrogens (tertiary/aromatic N) is 1. The summed E-state index contributed by atoms with van der Waals surface area (Å²) in [6, 6.07) is 0. The van der Waals surface area contributed by atoms with Crippen molar-refractivity contribution in [2.45, 2.75) is 52.4 Å². The van der Waals surface area contributed by atoms with Gasteiger partial charge in [0.2, 0.25) is 11.8 Å². The Hall–Kier alpha value is -1.39. The van der Waals surface area contributed by atoms with E-state index in [9.17, 15) is 14.4 Å². The predicted octanol–water partition coefficient (Wildman–Crippen LogP) is 1.81. The Morgan fingerprint density at radius 2 is 1.89 bits per heavy atom. The third-order valence-corrected chi connectivity index (χ3v) is 3.87. The lowest BCUT2D eigenvalue weighted by atomic mass is 9.81. The second kappa shape index (κ2) is 5.98. The van der Waals surface area contributed by atoms with Crippen LogP contribution in [0.3, 0.4) is 0 Å². The second-order valence-corrected chi connectivity index (χ2v) is 4.87. The Morgan fingerprint density at radius 3 is 2.33 bits per heavy atom. The maximum atomic E-state index is 12.2. The van der Waals surface area contributed by atoms with Crippen molar-refractivity contribution in [2.75, 3.05) is 6.54 Å². The Bertz CT molecular complexity index is 347. The molecule has 1 fully saturated rings.